The monoisotopic (exact) mass is 969 g/mol. The van der Waals surface area contributed by atoms with Gasteiger partial charge >= 0.3 is 6.09 Å². The average Bonchev–Trinajstić information content (AvgIpc) is 3.84. The van der Waals surface area contributed by atoms with Crippen LogP contribution in [0.4, 0.5) is 22.4 Å². The molecule has 0 spiro atoms. The Balaban J connectivity index is 0.936. The van der Waals surface area contributed by atoms with E-state index in [4.69, 9.17) is 24.7 Å². The average molecular weight is 970 g/mol. The minimum absolute atomic E-state index is 0.187. The lowest BCUT2D eigenvalue weighted by Gasteiger charge is -2.27. The maximum absolute atomic E-state index is 13.8. The molecule has 2 aromatic carbocycles. The van der Waals surface area contributed by atoms with Gasteiger partial charge in [-0.05, 0) is 106 Å². The van der Waals surface area contributed by atoms with Gasteiger partial charge in [-0.15, -0.1) is 0 Å². The van der Waals surface area contributed by atoms with Crippen molar-refractivity contribution in [2.45, 2.75) is 76.0 Å². The second-order valence-electron chi connectivity index (χ2n) is 17.6. The Morgan fingerprint density at radius 3 is 1.46 bits per heavy atom. The molecular weight excluding hydrogens is 919 g/mol. The van der Waals surface area contributed by atoms with Gasteiger partial charge in [-0.1, -0.05) is 0 Å². The van der Waals surface area contributed by atoms with Gasteiger partial charge in [-0.2, -0.15) is 10.5 Å². The van der Waals surface area contributed by atoms with Crippen molar-refractivity contribution in [2.24, 2.45) is 0 Å². The summed E-state index contributed by atoms with van der Waals surface area (Å²) in [6.45, 7) is 3.66. The first kappa shape index (κ1) is 51.6. The molecule has 0 aliphatic carbocycles. The Bertz CT molecular complexity index is 2450. The van der Waals surface area contributed by atoms with Gasteiger partial charge in [0.05, 0.1) is 62.9 Å². The number of alkyl halides is 4. The highest BCUT2D eigenvalue weighted by Gasteiger charge is 2.48. The fourth-order valence-corrected chi connectivity index (χ4v) is 7.52. The molecule has 17 nitrogen and oxygen atoms in total. The summed E-state index contributed by atoms with van der Waals surface area (Å²) in [5, 5.41) is 23.2. The van der Waals surface area contributed by atoms with E-state index in [0.29, 0.717) is 59.9 Å². The molecule has 2 aromatic heterocycles. The van der Waals surface area contributed by atoms with E-state index in [0.717, 1.165) is 9.80 Å². The van der Waals surface area contributed by atoms with Crippen LogP contribution in [0.25, 0.3) is 22.5 Å². The largest absolute Gasteiger partial charge is 0.494 e. The number of carbonyl (C=O) groups is 5. The second-order valence-corrected chi connectivity index (χ2v) is 17.6. The molecule has 0 saturated carbocycles. The fraction of sp³-hybridized carbons (Fsp3) is 0.408. The summed E-state index contributed by atoms with van der Waals surface area (Å²) in [6.07, 6.45) is 1.80. The van der Waals surface area contributed by atoms with Crippen molar-refractivity contribution in [2.75, 3.05) is 52.5 Å². The normalized spacial score (nSPS) is 16.9. The Kier molecular flexibility index (Phi) is 16.6. The molecule has 6 rings (SSSR count). The highest BCUT2D eigenvalue weighted by molar-refractivity contribution is 5.98. The number of amides is 5. The van der Waals surface area contributed by atoms with Gasteiger partial charge in [-0.3, -0.25) is 29.1 Å². The number of rotatable bonds is 18. The van der Waals surface area contributed by atoms with Gasteiger partial charge in [0.25, 0.3) is 23.7 Å². The fourth-order valence-electron chi connectivity index (χ4n) is 7.52. The minimum Gasteiger partial charge on any atom is -0.494 e. The molecule has 4 heterocycles. The zero-order valence-corrected chi connectivity index (χ0v) is 38.6. The number of nitrogens with zero attached hydrogens (tertiary/aromatic N) is 7. The van der Waals surface area contributed by atoms with E-state index in [9.17, 15) is 41.5 Å². The van der Waals surface area contributed by atoms with Crippen molar-refractivity contribution in [3.8, 4) is 46.2 Å². The molecule has 0 radical (unpaired) electrons. The first-order valence-electron chi connectivity index (χ1n) is 22.3. The number of benzene rings is 2. The SMILES string of the molecule is CC(C)(C)OC(=O)N(CCCOc1ccc(-c2cc(C(=O)NCC(=O)N3CC(F)(F)C[C@H]3C#N)ccn2)cc1)CCCOc1ccc(-c2cc(C(=O)NCC(=O)N3CC(F)(F)C[C@H]3C#N)ccn2)cc1. The smallest absolute Gasteiger partial charge is 0.410 e. The van der Waals surface area contributed by atoms with Gasteiger partial charge < -0.3 is 39.5 Å². The summed E-state index contributed by atoms with van der Waals surface area (Å²) in [5.74, 6) is -8.05. The van der Waals surface area contributed by atoms with Crippen LogP contribution in [0, 0.1) is 22.7 Å². The Labute approximate surface area is 401 Å². The van der Waals surface area contributed by atoms with Crippen molar-refractivity contribution >= 4 is 29.7 Å². The van der Waals surface area contributed by atoms with Crippen LogP contribution in [0.1, 0.15) is 67.2 Å². The number of aromatic nitrogens is 2. The number of nitriles is 2. The van der Waals surface area contributed by atoms with Crippen molar-refractivity contribution < 1.29 is 55.7 Å². The molecular formula is C49H51F4N9O8. The predicted octanol–water partition coefficient (Wildman–Crippen LogP) is 6.26. The van der Waals surface area contributed by atoms with E-state index >= 15 is 0 Å². The third-order valence-corrected chi connectivity index (χ3v) is 11.0. The zero-order valence-electron chi connectivity index (χ0n) is 38.6. The number of halogens is 4. The topological polar surface area (TPSA) is 220 Å². The van der Waals surface area contributed by atoms with Crippen LogP contribution in [0.5, 0.6) is 11.5 Å². The highest BCUT2D eigenvalue weighted by atomic mass is 19.3. The van der Waals surface area contributed by atoms with Crippen LogP contribution in [0.15, 0.2) is 85.2 Å². The Hall–Kier alpha value is -7.81. The summed E-state index contributed by atoms with van der Waals surface area (Å²) in [4.78, 5) is 75.7. The molecule has 70 heavy (non-hydrogen) atoms. The van der Waals surface area contributed by atoms with E-state index in [1.807, 2.05) is 0 Å². The van der Waals surface area contributed by atoms with Crippen LogP contribution >= 0.6 is 0 Å². The molecule has 0 bridgehead atoms. The summed E-state index contributed by atoms with van der Waals surface area (Å²) >= 11 is 0. The lowest BCUT2D eigenvalue weighted by atomic mass is 10.1. The lowest BCUT2D eigenvalue weighted by Crippen LogP contribution is -2.42. The van der Waals surface area contributed by atoms with Gasteiger partial charge in [0.2, 0.25) is 11.8 Å². The van der Waals surface area contributed by atoms with E-state index in [1.165, 1.54) is 36.7 Å². The minimum atomic E-state index is -3.17. The van der Waals surface area contributed by atoms with Crippen LogP contribution in [0.2, 0.25) is 0 Å². The molecule has 368 valence electrons. The van der Waals surface area contributed by atoms with Crippen LogP contribution < -0.4 is 20.1 Å². The van der Waals surface area contributed by atoms with E-state index in [2.05, 4.69) is 20.6 Å². The van der Waals surface area contributed by atoms with E-state index in [1.54, 1.807) is 86.3 Å². The zero-order chi connectivity index (χ0) is 50.6. The number of hydrogen-bond acceptors (Lipinski definition) is 12. The Morgan fingerprint density at radius 2 is 1.09 bits per heavy atom. The summed E-state index contributed by atoms with van der Waals surface area (Å²) in [7, 11) is 0. The van der Waals surface area contributed by atoms with Gasteiger partial charge in [0.15, 0.2) is 0 Å². The van der Waals surface area contributed by atoms with E-state index in [-0.39, 0.29) is 24.3 Å². The van der Waals surface area contributed by atoms with Crippen LogP contribution in [-0.2, 0) is 14.3 Å². The lowest BCUT2D eigenvalue weighted by molar-refractivity contribution is -0.132. The van der Waals surface area contributed by atoms with Crippen molar-refractivity contribution in [3.63, 3.8) is 0 Å². The quantitative estimate of drug-likeness (QED) is 0.0833. The molecule has 2 saturated heterocycles. The third-order valence-electron chi connectivity index (χ3n) is 11.0. The number of hydrogen-bond donors (Lipinski definition) is 2. The molecule has 2 fully saturated rings. The van der Waals surface area contributed by atoms with Crippen LogP contribution in [0.3, 0.4) is 0 Å². The number of likely N-dealkylation sites (tertiary alicyclic amines) is 2. The van der Waals surface area contributed by atoms with Crippen molar-refractivity contribution in [3.05, 3.63) is 96.3 Å². The molecule has 2 N–H and O–H groups in total. The molecule has 21 heteroatoms. The molecule has 4 aromatic rings. The molecule has 0 unspecified atom stereocenters. The number of nitrogens with one attached hydrogen (secondary N) is 2. The summed E-state index contributed by atoms with van der Waals surface area (Å²) < 4.78 is 72.7. The predicted molar refractivity (Wildman–Crippen MR) is 243 cm³/mol. The number of pyridine rings is 2. The first-order chi connectivity index (χ1) is 33.2. The van der Waals surface area contributed by atoms with Crippen molar-refractivity contribution in [1.82, 2.24) is 35.3 Å². The maximum Gasteiger partial charge on any atom is 0.410 e. The van der Waals surface area contributed by atoms with Gasteiger partial charge in [0, 0.05) is 60.6 Å². The van der Waals surface area contributed by atoms with Gasteiger partial charge in [-0.25, -0.2) is 22.4 Å². The highest BCUT2D eigenvalue weighted by Crippen LogP contribution is 2.33. The number of ether oxygens (including phenoxy) is 3. The molecule has 2 atom stereocenters. The molecule has 2 aliphatic rings. The first-order valence-corrected chi connectivity index (χ1v) is 22.3. The summed E-state index contributed by atoms with van der Waals surface area (Å²) in [5.41, 5.74) is 1.88. The third kappa shape index (κ3) is 14.4. The Morgan fingerprint density at radius 1 is 0.686 bits per heavy atom. The van der Waals surface area contributed by atoms with E-state index < -0.39 is 98.3 Å². The van der Waals surface area contributed by atoms with Crippen LogP contribution in [-0.4, -0.2) is 136 Å². The maximum atomic E-state index is 13.8. The number of carbonyl (C=O) groups excluding carboxylic acids is 5. The second kappa shape index (κ2) is 22.5. The summed E-state index contributed by atoms with van der Waals surface area (Å²) in [6, 6.07) is 20.7. The molecule has 2 aliphatic heterocycles. The standard InChI is InChI=1S/C49H51F4N9O8/c1-47(2,3)70-46(67)60(18-4-20-68-38-10-6-32(7-11-38)40-22-34(14-16-56-40)44(65)58-28-42(63)61-30-48(50,51)24-36(61)26-54)19-5-21-69-39-12-8-33(9-13-39)41-23-35(15-17-57-41)45(66)59-29-43(64)62-31-49(52,53)25-37(62)27-55/h6-17,22-23,36-37H,4-5,18-21,24-25,28-31H2,1-3H3,(H,58,65)(H,59,66)/t36-,37-/m0/s1. The molecule has 5 amide bonds. The van der Waals surface area contributed by atoms with Crippen molar-refractivity contribution in [1.29, 1.82) is 10.5 Å². The van der Waals surface area contributed by atoms with Gasteiger partial charge in [0.1, 0.15) is 29.2 Å².